The second kappa shape index (κ2) is 4.31. The van der Waals surface area contributed by atoms with Gasteiger partial charge in [0.25, 0.3) is 5.56 Å². The van der Waals surface area contributed by atoms with Gasteiger partial charge in [0, 0.05) is 37.6 Å². The van der Waals surface area contributed by atoms with Gasteiger partial charge in [0.1, 0.15) is 0 Å². The molecule has 16 heavy (non-hydrogen) atoms. The van der Waals surface area contributed by atoms with Crippen molar-refractivity contribution in [2.75, 3.05) is 0 Å². The fraction of sp³-hybridized carbons (Fsp3) is 0.231. The van der Waals surface area contributed by atoms with E-state index in [1.165, 1.54) is 5.56 Å². The minimum absolute atomic E-state index is 0.0263. The third-order valence-corrected chi connectivity index (χ3v) is 2.83. The Balaban J connectivity index is 2.38. The molecule has 0 N–H and O–H groups in total. The first-order valence-corrected chi connectivity index (χ1v) is 5.25. The molecule has 0 radical (unpaired) electrons. The molecular weight excluding hydrogens is 200 g/mol. The highest BCUT2D eigenvalue weighted by Crippen LogP contribution is 2.21. The third-order valence-electron chi connectivity index (χ3n) is 2.83. The highest BCUT2D eigenvalue weighted by atomic mass is 16.1. The Morgan fingerprint density at radius 2 is 1.88 bits per heavy atom. The van der Waals surface area contributed by atoms with Crippen molar-refractivity contribution in [2.45, 2.75) is 12.8 Å². The van der Waals surface area contributed by atoms with E-state index in [4.69, 9.17) is 0 Å². The van der Waals surface area contributed by atoms with E-state index in [9.17, 15) is 4.79 Å². The smallest absolute Gasteiger partial charge is 0.250 e. The summed E-state index contributed by atoms with van der Waals surface area (Å²) < 4.78 is 1.57. The Bertz CT molecular complexity index is 531. The van der Waals surface area contributed by atoms with Crippen molar-refractivity contribution in [3.8, 4) is 0 Å². The van der Waals surface area contributed by atoms with Crippen LogP contribution in [-0.2, 0) is 7.05 Å². The molecule has 0 saturated heterocycles. The van der Waals surface area contributed by atoms with Gasteiger partial charge in [-0.1, -0.05) is 6.92 Å². The van der Waals surface area contributed by atoms with Gasteiger partial charge in [-0.15, -0.1) is 0 Å². The highest BCUT2D eigenvalue weighted by Gasteiger charge is 2.08. The lowest BCUT2D eigenvalue weighted by atomic mass is 9.95. The van der Waals surface area contributed by atoms with Gasteiger partial charge in [0.15, 0.2) is 0 Å². The number of aryl methyl sites for hydroxylation is 1. The molecule has 0 aliphatic carbocycles. The van der Waals surface area contributed by atoms with Gasteiger partial charge >= 0.3 is 0 Å². The maximum atomic E-state index is 11.5. The lowest BCUT2D eigenvalue weighted by Gasteiger charge is -2.12. The quantitative estimate of drug-likeness (QED) is 0.765. The van der Waals surface area contributed by atoms with E-state index < -0.39 is 0 Å². The lowest BCUT2D eigenvalue weighted by Crippen LogP contribution is -2.16. The average molecular weight is 214 g/mol. The molecule has 2 aromatic heterocycles. The number of aromatic nitrogens is 2. The van der Waals surface area contributed by atoms with Gasteiger partial charge in [-0.05, 0) is 29.3 Å². The van der Waals surface area contributed by atoms with Gasteiger partial charge in [-0.25, -0.2) is 0 Å². The molecule has 2 heterocycles. The van der Waals surface area contributed by atoms with Gasteiger partial charge in [0.05, 0.1) is 0 Å². The molecule has 0 bridgehead atoms. The molecule has 0 aliphatic rings. The topological polar surface area (TPSA) is 34.9 Å². The second-order valence-electron chi connectivity index (χ2n) is 3.91. The molecule has 1 unspecified atom stereocenters. The predicted molar refractivity (Wildman–Crippen MR) is 63.4 cm³/mol. The van der Waals surface area contributed by atoms with E-state index in [-0.39, 0.29) is 11.5 Å². The molecule has 0 spiro atoms. The minimum Gasteiger partial charge on any atom is -0.319 e. The zero-order valence-electron chi connectivity index (χ0n) is 9.42. The number of hydrogen-bond donors (Lipinski definition) is 0. The van der Waals surface area contributed by atoms with E-state index in [2.05, 4.69) is 11.9 Å². The van der Waals surface area contributed by atoms with E-state index >= 15 is 0 Å². The van der Waals surface area contributed by atoms with Crippen LogP contribution in [0.5, 0.6) is 0 Å². The Kier molecular flexibility index (Phi) is 2.86. The summed E-state index contributed by atoms with van der Waals surface area (Å²) in [5, 5.41) is 0. The molecular formula is C13H14N2O. The summed E-state index contributed by atoms with van der Waals surface area (Å²) in [6.45, 7) is 2.09. The second-order valence-corrected chi connectivity index (χ2v) is 3.91. The summed E-state index contributed by atoms with van der Waals surface area (Å²) in [5.41, 5.74) is 2.23. The average Bonchev–Trinajstić information content (AvgIpc) is 2.33. The molecule has 82 valence electrons. The summed E-state index contributed by atoms with van der Waals surface area (Å²) in [6.07, 6.45) is 5.34. The highest BCUT2D eigenvalue weighted by molar-refractivity contribution is 5.28. The SMILES string of the molecule is CC(c1ccncc1)c1ccn(C)c(=O)c1. The van der Waals surface area contributed by atoms with E-state index in [0.717, 1.165) is 5.56 Å². The van der Waals surface area contributed by atoms with Crippen molar-refractivity contribution in [1.82, 2.24) is 9.55 Å². The lowest BCUT2D eigenvalue weighted by molar-refractivity contribution is 0.831. The van der Waals surface area contributed by atoms with Crippen molar-refractivity contribution in [3.63, 3.8) is 0 Å². The molecule has 1 atom stereocenters. The summed E-state index contributed by atoms with van der Waals surface area (Å²) in [7, 11) is 1.75. The van der Waals surface area contributed by atoms with Gasteiger partial charge in [-0.3, -0.25) is 9.78 Å². The van der Waals surface area contributed by atoms with Gasteiger partial charge in [-0.2, -0.15) is 0 Å². The van der Waals surface area contributed by atoms with E-state index in [1.54, 1.807) is 36.3 Å². The van der Waals surface area contributed by atoms with Crippen LogP contribution >= 0.6 is 0 Å². The van der Waals surface area contributed by atoms with Gasteiger partial charge in [0.2, 0.25) is 0 Å². The summed E-state index contributed by atoms with van der Waals surface area (Å²) >= 11 is 0. The van der Waals surface area contributed by atoms with Crippen LogP contribution in [0.1, 0.15) is 24.0 Å². The summed E-state index contributed by atoms with van der Waals surface area (Å²) in [5.74, 6) is 0.219. The standard InChI is InChI=1S/C13H14N2O/c1-10(11-3-6-14-7-4-11)12-5-8-15(2)13(16)9-12/h3-10H,1-2H3. The van der Waals surface area contributed by atoms with Crippen LogP contribution in [0.2, 0.25) is 0 Å². The third kappa shape index (κ3) is 2.03. The molecule has 0 aromatic carbocycles. The first-order valence-electron chi connectivity index (χ1n) is 5.25. The van der Waals surface area contributed by atoms with Crippen molar-refractivity contribution in [1.29, 1.82) is 0 Å². The normalized spacial score (nSPS) is 12.4. The Labute approximate surface area is 94.4 Å². The molecule has 0 fully saturated rings. The molecule has 2 aromatic rings. The fourth-order valence-electron chi connectivity index (χ4n) is 1.68. The molecule has 0 amide bonds. The van der Waals surface area contributed by atoms with E-state index in [1.807, 2.05) is 18.2 Å². The van der Waals surface area contributed by atoms with Crippen LogP contribution in [0.3, 0.4) is 0 Å². The Morgan fingerprint density at radius 1 is 1.19 bits per heavy atom. The van der Waals surface area contributed by atoms with Crippen molar-refractivity contribution < 1.29 is 0 Å². The monoisotopic (exact) mass is 214 g/mol. The molecule has 2 rings (SSSR count). The maximum absolute atomic E-state index is 11.5. The van der Waals surface area contributed by atoms with Crippen LogP contribution < -0.4 is 5.56 Å². The maximum Gasteiger partial charge on any atom is 0.250 e. The van der Waals surface area contributed by atoms with Crippen LogP contribution in [0.15, 0.2) is 47.7 Å². The first-order chi connectivity index (χ1) is 7.68. The zero-order chi connectivity index (χ0) is 11.5. The van der Waals surface area contributed by atoms with Gasteiger partial charge < -0.3 is 4.57 Å². The molecule has 3 nitrogen and oxygen atoms in total. The van der Waals surface area contributed by atoms with Crippen LogP contribution in [0.25, 0.3) is 0 Å². The van der Waals surface area contributed by atoms with Crippen LogP contribution in [-0.4, -0.2) is 9.55 Å². The Hall–Kier alpha value is -1.90. The minimum atomic E-state index is 0.0263. The molecule has 0 aliphatic heterocycles. The predicted octanol–water partition coefficient (Wildman–Crippen LogP) is 1.93. The Morgan fingerprint density at radius 3 is 2.50 bits per heavy atom. The molecule has 0 saturated carbocycles. The largest absolute Gasteiger partial charge is 0.319 e. The van der Waals surface area contributed by atoms with Crippen molar-refractivity contribution in [3.05, 3.63) is 64.3 Å². The summed E-state index contributed by atoms with van der Waals surface area (Å²) in [6, 6.07) is 7.61. The van der Waals surface area contributed by atoms with E-state index in [0.29, 0.717) is 0 Å². The number of hydrogen-bond acceptors (Lipinski definition) is 2. The van der Waals surface area contributed by atoms with Crippen LogP contribution in [0, 0.1) is 0 Å². The van der Waals surface area contributed by atoms with Crippen LogP contribution in [0.4, 0.5) is 0 Å². The van der Waals surface area contributed by atoms with Crippen molar-refractivity contribution >= 4 is 0 Å². The van der Waals surface area contributed by atoms with Crippen molar-refractivity contribution in [2.24, 2.45) is 7.05 Å². The molecule has 3 heteroatoms. The zero-order valence-corrected chi connectivity index (χ0v) is 9.42. The summed E-state index contributed by atoms with van der Waals surface area (Å²) in [4.78, 5) is 15.5. The number of nitrogens with zero attached hydrogens (tertiary/aromatic N) is 2. The first kappa shape index (κ1) is 10.6. The number of rotatable bonds is 2. The fourth-order valence-corrected chi connectivity index (χ4v) is 1.68. The number of pyridine rings is 2.